The van der Waals surface area contributed by atoms with Crippen molar-refractivity contribution in [2.24, 2.45) is 5.73 Å². The zero-order valence-electron chi connectivity index (χ0n) is 12.6. The smallest absolute Gasteiger partial charge is 0.0414 e. The minimum atomic E-state index is -0.0649. The van der Waals surface area contributed by atoms with Crippen LogP contribution in [0, 0.1) is 13.8 Å². The molecule has 100 valence electrons. The predicted molar refractivity (Wildman–Crippen MR) is 78.9 cm³/mol. The second-order valence-electron chi connectivity index (χ2n) is 7.10. The standard InChI is InChI=1S/C17H27N/c1-12-10-14(16(3,4)5)11-13(2)15(12)17(18)8-6-7-9-17/h10-11H,6-9,18H2,1-5H3. The molecule has 2 N–H and O–H groups in total. The molecule has 1 aliphatic rings. The number of aryl methyl sites for hydroxylation is 2. The largest absolute Gasteiger partial charge is 0.321 e. The van der Waals surface area contributed by atoms with Gasteiger partial charge in [0.25, 0.3) is 0 Å². The van der Waals surface area contributed by atoms with Crippen molar-refractivity contribution in [1.82, 2.24) is 0 Å². The second-order valence-corrected chi connectivity index (χ2v) is 7.10. The van der Waals surface area contributed by atoms with Crippen molar-refractivity contribution in [3.8, 4) is 0 Å². The van der Waals surface area contributed by atoms with Gasteiger partial charge < -0.3 is 5.73 Å². The molecule has 0 saturated heterocycles. The summed E-state index contributed by atoms with van der Waals surface area (Å²) < 4.78 is 0. The van der Waals surface area contributed by atoms with Gasteiger partial charge in [-0.05, 0) is 54.4 Å². The summed E-state index contributed by atoms with van der Waals surface area (Å²) in [6.45, 7) is 11.3. The maximum absolute atomic E-state index is 6.64. The summed E-state index contributed by atoms with van der Waals surface area (Å²) >= 11 is 0. The van der Waals surface area contributed by atoms with Gasteiger partial charge in [0, 0.05) is 5.54 Å². The van der Waals surface area contributed by atoms with Crippen LogP contribution in [0.1, 0.15) is 68.7 Å². The van der Waals surface area contributed by atoms with E-state index in [1.54, 1.807) is 0 Å². The van der Waals surface area contributed by atoms with Crippen molar-refractivity contribution >= 4 is 0 Å². The second kappa shape index (κ2) is 4.38. The Morgan fingerprint density at radius 1 is 1.00 bits per heavy atom. The first-order valence-electron chi connectivity index (χ1n) is 7.15. The van der Waals surface area contributed by atoms with E-state index in [1.807, 2.05) is 0 Å². The van der Waals surface area contributed by atoms with E-state index < -0.39 is 0 Å². The van der Waals surface area contributed by atoms with Gasteiger partial charge in [-0.25, -0.2) is 0 Å². The first-order valence-corrected chi connectivity index (χ1v) is 7.15. The van der Waals surface area contributed by atoms with E-state index in [9.17, 15) is 0 Å². The third-order valence-electron chi connectivity index (χ3n) is 4.39. The van der Waals surface area contributed by atoms with Gasteiger partial charge in [0.1, 0.15) is 0 Å². The van der Waals surface area contributed by atoms with E-state index in [0.29, 0.717) is 0 Å². The summed E-state index contributed by atoms with van der Waals surface area (Å²) in [4.78, 5) is 0. The van der Waals surface area contributed by atoms with Gasteiger partial charge in [-0.15, -0.1) is 0 Å². The Balaban J connectivity index is 2.51. The predicted octanol–water partition coefficient (Wildman–Crippen LogP) is 4.33. The van der Waals surface area contributed by atoms with E-state index in [2.05, 4.69) is 46.8 Å². The summed E-state index contributed by atoms with van der Waals surface area (Å²) in [5.41, 5.74) is 12.4. The lowest BCUT2D eigenvalue weighted by atomic mass is 9.78. The van der Waals surface area contributed by atoms with Crippen molar-refractivity contribution in [1.29, 1.82) is 0 Å². The first kappa shape index (κ1) is 13.6. The number of hydrogen-bond donors (Lipinski definition) is 1. The van der Waals surface area contributed by atoms with Gasteiger partial charge in [0.15, 0.2) is 0 Å². The van der Waals surface area contributed by atoms with Gasteiger partial charge in [0.05, 0.1) is 0 Å². The molecule has 1 heteroatoms. The van der Waals surface area contributed by atoms with Crippen LogP contribution in [0.2, 0.25) is 0 Å². The molecule has 1 aliphatic carbocycles. The van der Waals surface area contributed by atoms with Crippen molar-refractivity contribution in [2.75, 3.05) is 0 Å². The molecule has 1 aromatic rings. The third kappa shape index (κ3) is 2.33. The lowest BCUT2D eigenvalue weighted by Crippen LogP contribution is -2.35. The number of hydrogen-bond acceptors (Lipinski definition) is 1. The Kier molecular flexibility index (Phi) is 3.31. The summed E-state index contributed by atoms with van der Waals surface area (Å²) in [5.74, 6) is 0. The summed E-state index contributed by atoms with van der Waals surface area (Å²) in [7, 11) is 0. The lowest BCUT2D eigenvalue weighted by molar-refractivity contribution is 0.455. The van der Waals surface area contributed by atoms with Gasteiger partial charge in [-0.1, -0.05) is 45.7 Å². The lowest BCUT2D eigenvalue weighted by Gasteiger charge is -2.30. The average molecular weight is 245 g/mol. The number of benzene rings is 1. The molecular formula is C17H27N. The van der Waals surface area contributed by atoms with Crippen LogP contribution in [0.25, 0.3) is 0 Å². The van der Waals surface area contributed by atoms with Gasteiger partial charge >= 0.3 is 0 Å². The maximum Gasteiger partial charge on any atom is 0.0414 e. The quantitative estimate of drug-likeness (QED) is 0.783. The Hall–Kier alpha value is -0.820. The molecule has 18 heavy (non-hydrogen) atoms. The summed E-state index contributed by atoms with van der Waals surface area (Å²) in [5, 5.41) is 0. The summed E-state index contributed by atoms with van der Waals surface area (Å²) in [6, 6.07) is 4.69. The SMILES string of the molecule is Cc1cc(C(C)(C)C)cc(C)c1C1(N)CCCC1. The van der Waals surface area contributed by atoms with Crippen LogP contribution in [0.4, 0.5) is 0 Å². The van der Waals surface area contributed by atoms with Crippen LogP contribution in [0.5, 0.6) is 0 Å². The monoisotopic (exact) mass is 245 g/mol. The molecule has 0 amide bonds. The van der Waals surface area contributed by atoms with Crippen LogP contribution >= 0.6 is 0 Å². The Labute approximate surface area is 112 Å². The topological polar surface area (TPSA) is 26.0 Å². The van der Waals surface area contributed by atoms with E-state index in [4.69, 9.17) is 5.73 Å². The fourth-order valence-electron chi connectivity index (χ4n) is 3.44. The number of nitrogens with two attached hydrogens (primary N) is 1. The Morgan fingerprint density at radius 2 is 1.44 bits per heavy atom. The minimum Gasteiger partial charge on any atom is -0.321 e. The molecule has 0 unspecified atom stereocenters. The fraction of sp³-hybridized carbons (Fsp3) is 0.647. The molecule has 1 aromatic carbocycles. The Morgan fingerprint density at radius 3 is 1.83 bits per heavy atom. The maximum atomic E-state index is 6.64. The van der Waals surface area contributed by atoms with Crippen LogP contribution in [0.15, 0.2) is 12.1 Å². The Bertz CT molecular complexity index is 422. The highest BCUT2D eigenvalue weighted by Crippen LogP contribution is 2.40. The molecule has 0 aliphatic heterocycles. The van der Waals surface area contributed by atoms with Crippen molar-refractivity contribution in [2.45, 2.75) is 71.3 Å². The molecule has 2 rings (SSSR count). The van der Waals surface area contributed by atoms with Gasteiger partial charge in [-0.2, -0.15) is 0 Å². The van der Waals surface area contributed by atoms with Crippen molar-refractivity contribution in [3.05, 3.63) is 34.4 Å². The van der Waals surface area contributed by atoms with Gasteiger partial charge in [0.2, 0.25) is 0 Å². The zero-order valence-corrected chi connectivity index (χ0v) is 12.6. The fourth-order valence-corrected chi connectivity index (χ4v) is 3.44. The molecule has 0 heterocycles. The highest BCUT2D eigenvalue weighted by atomic mass is 14.8. The normalized spacial score (nSPS) is 19.2. The van der Waals surface area contributed by atoms with Crippen LogP contribution in [0.3, 0.4) is 0 Å². The van der Waals surface area contributed by atoms with Crippen molar-refractivity contribution < 1.29 is 0 Å². The highest BCUT2D eigenvalue weighted by molar-refractivity contribution is 5.44. The molecule has 0 aromatic heterocycles. The first-order chi connectivity index (χ1) is 8.24. The molecule has 1 fully saturated rings. The highest BCUT2D eigenvalue weighted by Gasteiger charge is 2.34. The van der Waals surface area contributed by atoms with E-state index in [1.165, 1.54) is 35.1 Å². The molecule has 1 nitrogen and oxygen atoms in total. The molecule has 1 saturated carbocycles. The van der Waals surface area contributed by atoms with E-state index >= 15 is 0 Å². The van der Waals surface area contributed by atoms with E-state index in [0.717, 1.165) is 12.8 Å². The number of rotatable bonds is 1. The third-order valence-corrected chi connectivity index (χ3v) is 4.39. The summed E-state index contributed by atoms with van der Waals surface area (Å²) in [6.07, 6.45) is 4.83. The average Bonchev–Trinajstić information content (AvgIpc) is 2.63. The molecule has 0 radical (unpaired) electrons. The zero-order chi connectivity index (χ0) is 13.6. The van der Waals surface area contributed by atoms with Crippen LogP contribution in [-0.2, 0) is 11.0 Å². The van der Waals surface area contributed by atoms with Crippen molar-refractivity contribution in [3.63, 3.8) is 0 Å². The van der Waals surface area contributed by atoms with Crippen LogP contribution in [-0.4, -0.2) is 0 Å². The molecule has 0 bridgehead atoms. The van der Waals surface area contributed by atoms with E-state index in [-0.39, 0.29) is 11.0 Å². The van der Waals surface area contributed by atoms with Crippen LogP contribution < -0.4 is 5.73 Å². The van der Waals surface area contributed by atoms with Gasteiger partial charge in [-0.3, -0.25) is 0 Å². The molecular weight excluding hydrogens is 218 g/mol. The molecule has 0 spiro atoms. The molecule has 0 atom stereocenters. The minimum absolute atomic E-state index is 0.0649.